The molecular weight excluding hydrogens is 344 g/mol. The quantitative estimate of drug-likeness (QED) is 0.732. The van der Waals surface area contributed by atoms with Crippen molar-refractivity contribution in [2.75, 3.05) is 46.5 Å². The van der Waals surface area contributed by atoms with Crippen LogP contribution in [0.15, 0.2) is 24.3 Å². The second-order valence-electron chi connectivity index (χ2n) is 7.28. The lowest BCUT2D eigenvalue weighted by molar-refractivity contribution is -0.135. The Labute approximate surface area is 162 Å². The monoisotopic (exact) mass is 376 g/mol. The molecule has 2 aliphatic heterocycles. The van der Waals surface area contributed by atoms with Crippen molar-refractivity contribution in [3.63, 3.8) is 0 Å². The molecule has 0 saturated carbocycles. The number of benzene rings is 1. The number of carbonyl (C=O) groups is 1. The maximum atomic E-state index is 12.5. The molecule has 0 spiro atoms. The summed E-state index contributed by atoms with van der Waals surface area (Å²) >= 11 is 0. The minimum absolute atomic E-state index is 0.0698. The lowest BCUT2D eigenvalue weighted by atomic mass is 9.99. The minimum Gasteiger partial charge on any atom is -0.494 e. The molecule has 27 heavy (non-hydrogen) atoms. The SMILES string of the molecule is CCOc1ccc(OCC(=O)N2CCC(N3CCC(OC)CC3)CC2)cc1. The molecule has 2 heterocycles. The van der Waals surface area contributed by atoms with Crippen LogP contribution in [0.25, 0.3) is 0 Å². The summed E-state index contributed by atoms with van der Waals surface area (Å²) in [5, 5.41) is 0. The molecule has 0 atom stereocenters. The van der Waals surface area contributed by atoms with E-state index in [0.717, 1.165) is 57.6 Å². The second-order valence-corrected chi connectivity index (χ2v) is 7.28. The number of ether oxygens (including phenoxy) is 3. The van der Waals surface area contributed by atoms with Crippen molar-refractivity contribution in [3.05, 3.63) is 24.3 Å². The number of methoxy groups -OCH3 is 1. The van der Waals surface area contributed by atoms with Gasteiger partial charge in [-0.25, -0.2) is 0 Å². The molecule has 0 unspecified atom stereocenters. The van der Waals surface area contributed by atoms with Gasteiger partial charge < -0.3 is 24.0 Å². The van der Waals surface area contributed by atoms with Crippen LogP contribution in [-0.2, 0) is 9.53 Å². The van der Waals surface area contributed by atoms with E-state index in [1.165, 1.54) is 0 Å². The van der Waals surface area contributed by atoms with Gasteiger partial charge in [-0.3, -0.25) is 4.79 Å². The van der Waals surface area contributed by atoms with Crippen LogP contribution in [0.4, 0.5) is 0 Å². The highest BCUT2D eigenvalue weighted by Gasteiger charge is 2.29. The van der Waals surface area contributed by atoms with Gasteiger partial charge in [-0.15, -0.1) is 0 Å². The number of amides is 1. The van der Waals surface area contributed by atoms with Crippen LogP contribution in [0.1, 0.15) is 32.6 Å². The first-order chi connectivity index (χ1) is 13.2. The smallest absolute Gasteiger partial charge is 0.260 e. The molecule has 6 heteroatoms. The highest BCUT2D eigenvalue weighted by molar-refractivity contribution is 5.77. The van der Waals surface area contributed by atoms with Crippen LogP contribution in [0.3, 0.4) is 0 Å². The molecule has 150 valence electrons. The maximum Gasteiger partial charge on any atom is 0.260 e. The largest absolute Gasteiger partial charge is 0.494 e. The molecule has 1 aromatic rings. The summed E-state index contributed by atoms with van der Waals surface area (Å²) in [4.78, 5) is 17.0. The van der Waals surface area contributed by atoms with Gasteiger partial charge in [0, 0.05) is 39.3 Å². The molecular formula is C21H32N2O4. The molecule has 2 saturated heterocycles. The predicted molar refractivity (Wildman–Crippen MR) is 104 cm³/mol. The highest BCUT2D eigenvalue weighted by atomic mass is 16.5. The van der Waals surface area contributed by atoms with E-state index in [0.29, 0.717) is 24.5 Å². The van der Waals surface area contributed by atoms with Gasteiger partial charge in [0.2, 0.25) is 0 Å². The molecule has 6 nitrogen and oxygen atoms in total. The molecule has 3 rings (SSSR count). The summed E-state index contributed by atoms with van der Waals surface area (Å²) < 4.78 is 16.5. The third kappa shape index (κ3) is 5.59. The normalized spacial score (nSPS) is 19.9. The van der Waals surface area contributed by atoms with Crippen LogP contribution >= 0.6 is 0 Å². The third-order valence-electron chi connectivity index (χ3n) is 5.64. The molecule has 0 aliphatic carbocycles. The summed E-state index contributed by atoms with van der Waals surface area (Å²) in [5.41, 5.74) is 0. The first-order valence-electron chi connectivity index (χ1n) is 10.1. The first-order valence-corrected chi connectivity index (χ1v) is 10.1. The summed E-state index contributed by atoms with van der Waals surface area (Å²) in [6.45, 7) is 6.54. The minimum atomic E-state index is 0.0698. The number of rotatable bonds is 7. The zero-order valence-corrected chi connectivity index (χ0v) is 16.6. The van der Waals surface area contributed by atoms with E-state index in [2.05, 4.69) is 4.90 Å². The van der Waals surface area contributed by atoms with Crippen LogP contribution in [0.5, 0.6) is 11.5 Å². The van der Waals surface area contributed by atoms with Crippen molar-refractivity contribution in [1.29, 1.82) is 0 Å². The summed E-state index contributed by atoms with van der Waals surface area (Å²) in [5.74, 6) is 1.58. The first kappa shape index (κ1) is 20.0. The van der Waals surface area contributed by atoms with Crippen molar-refractivity contribution in [3.8, 4) is 11.5 Å². The van der Waals surface area contributed by atoms with E-state index in [9.17, 15) is 4.79 Å². The second kappa shape index (κ2) is 9.95. The van der Waals surface area contributed by atoms with Gasteiger partial charge in [-0.2, -0.15) is 0 Å². The Morgan fingerprint density at radius 3 is 2.11 bits per heavy atom. The van der Waals surface area contributed by atoms with Gasteiger partial charge in [0.25, 0.3) is 5.91 Å². The topological polar surface area (TPSA) is 51.2 Å². The van der Waals surface area contributed by atoms with E-state index < -0.39 is 0 Å². The average molecular weight is 376 g/mol. The highest BCUT2D eigenvalue weighted by Crippen LogP contribution is 2.22. The molecule has 2 fully saturated rings. The molecule has 0 aromatic heterocycles. The Hall–Kier alpha value is -1.79. The van der Waals surface area contributed by atoms with Gasteiger partial charge in [-0.05, 0) is 56.9 Å². The Bertz CT molecular complexity index is 576. The molecule has 2 aliphatic rings. The molecule has 0 bridgehead atoms. The van der Waals surface area contributed by atoms with E-state index in [1.54, 1.807) is 7.11 Å². The van der Waals surface area contributed by atoms with Crippen LogP contribution in [0.2, 0.25) is 0 Å². The van der Waals surface area contributed by atoms with Gasteiger partial charge in [-0.1, -0.05) is 0 Å². The fourth-order valence-corrected chi connectivity index (χ4v) is 3.99. The average Bonchev–Trinajstić information content (AvgIpc) is 2.73. The molecule has 1 amide bonds. The summed E-state index contributed by atoms with van der Waals surface area (Å²) in [7, 11) is 1.81. The number of hydrogen-bond donors (Lipinski definition) is 0. The van der Waals surface area contributed by atoms with E-state index in [4.69, 9.17) is 14.2 Å². The fraction of sp³-hybridized carbons (Fsp3) is 0.667. The summed E-state index contributed by atoms with van der Waals surface area (Å²) in [6.07, 6.45) is 4.75. The number of carbonyl (C=O) groups excluding carboxylic acids is 1. The Morgan fingerprint density at radius 1 is 0.963 bits per heavy atom. The van der Waals surface area contributed by atoms with E-state index >= 15 is 0 Å². The maximum absolute atomic E-state index is 12.5. The fourth-order valence-electron chi connectivity index (χ4n) is 3.99. The number of nitrogens with zero attached hydrogens (tertiary/aromatic N) is 2. The van der Waals surface area contributed by atoms with Crippen molar-refractivity contribution in [1.82, 2.24) is 9.80 Å². The molecule has 0 radical (unpaired) electrons. The molecule has 0 N–H and O–H groups in total. The lowest BCUT2D eigenvalue weighted by Crippen LogP contribution is -2.50. The number of hydrogen-bond acceptors (Lipinski definition) is 5. The molecule has 1 aromatic carbocycles. The summed E-state index contributed by atoms with van der Waals surface area (Å²) in [6, 6.07) is 8.00. The Balaban J connectivity index is 1.38. The van der Waals surface area contributed by atoms with E-state index in [-0.39, 0.29) is 12.5 Å². The Kier molecular flexibility index (Phi) is 7.35. The van der Waals surface area contributed by atoms with Gasteiger partial charge in [0.05, 0.1) is 12.7 Å². The van der Waals surface area contributed by atoms with Crippen LogP contribution < -0.4 is 9.47 Å². The van der Waals surface area contributed by atoms with Crippen LogP contribution in [-0.4, -0.2) is 74.4 Å². The van der Waals surface area contributed by atoms with Crippen molar-refractivity contribution >= 4 is 5.91 Å². The van der Waals surface area contributed by atoms with Gasteiger partial charge in [0.1, 0.15) is 11.5 Å². The van der Waals surface area contributed by atoms with Crippen molar-refractivity contribution in [2.45, 2.75) is 44.8 Å². The van der Waals surface area contributed by atoms with E-state index in [1.807, 2.05) is 36.1 Å². The standard InChI is InChI=1S/C21H32N2O4/c1-3-26-19-4-6-20(7-5-19)27-16-21(24)23-12-8-17(9-13-23)22-14-10-18(25-2)11-15-22/h4-7,17-18H,3,8-16H2,1-2H3. The van der Waals surface area contributed by atoms with Crippen molar-refractivity contribution in [2.24, 2.45) is 0 Å². The number of likely N-dealkylation sites (tertiary alicyclic amines) is 2. The number of piperidine rings is 2. The predicted octanol–water partition coefficient (Wildman–Crippen LogP) is 2.57. The zero-order valence-electron chi connectivity index (χ0n) is 16.6. The third-order valence-corrected chi connectivity index (χ3v) is 5.64. The Morgan fingerprint density at radius 2 is 1.56 bits per heavy atom. The van der Waals surface area contributed by atoms with Gasteiger partial charge >= 0.3 is 0 Å². The zero-order chi connectivity index (χ0) is 19.1. The van der Waals surface area contributed by atoms with Crippen molar-refractivity contribution < 1.29 is 19.0 Å². The lowest BCUT2D eigenvalue weighted by Gasteiger charge is -2.41. The van der Waals surface area contributed by atoms with Crippen LogP contribution in [0, 0.1) is 0 Å². The van der Waals surface area contributed by atoms with Gasteiger partial charge in [0.15, 0.2) is 6.61 Å².